The second kappa shape index (κ2) is 9.87. The average molecular weight is 416 g/mol. The first-order chi connectivity index (χ1) is 14.0. The third-order valence-electron chi connectivity index (χ3n) is 5.21. The van der Waals surface area contributed by atoms with Gasteiger partial charge in [-0.15, -0.1) is 11.3 Å². The van der Waals surface area contributed by atoms with Crippen LogP contribution in [0.3, 0.4) is 0 Å². The fraction of sp³-hybridized carbons (Fsp3) is 0.500. The number of rotatable bonds is 7. The highest BCUT2D eigenvalue weighted by atomic mass is 32.1. The zero-order valence-corrected chi connectivity index (χ0v) is 18.1. The van der Waals surface area contributed by atoms with Crippen molar-refractivity contribution in [1.82, 2.24) is 14.8 Å². The number of ether oxygens (including phenoxy) is 1. The summed E-state index contributed by atoms with van der Waals surface area (Å²) in [5.41, 5.74) is 0.921. The van der Waals surface area contributed by atoms with Crippen molar-refractivity contribution in [2.45, 2.75) is 51.8 Å². The highest BCUT2D eigenvalue weighted by Crippen LogP contribution is 2.34. The van der Waals surface area contributed by atoms with E-state index in [1.807, 2.05) is 40.6 Å². The monoisotopic (exact) mass is 415 g/mol. The predicted molar refractivity (Wildman–Crippen MR) is 113 cm³/mol. The lowest BCUT2D eigenvalue weighted by Crippen LogP contribution is -2.49. The van der Waals surface area contributed by atoms with E-state index in [-0.39, 0.29) is 24.5 Å². The summed E-state index contributed by atoms with van der Waals surface area (Å²) in [5, 5.41) is 2.91. The second-order valence-electron chi connectivity index (χ2n) is 7.86. The highest BCUT2D eigenvalue weighted by Gasteiger charge is 2.38. The summed E-state index contributed by atoms with van der Waals surface area (Å²) < 4.78 is 5.47. The Balaban J connectivity index is 1.70. The molecule has 1 fully saturated rings. The third kappa shape index (κ3) is 5.35. The average Bonchev–Trinajstić information content (AvgIpc) is 3.41. The molecular formula is C22H29N3O3S. The normalized spacial score (nSPS) is 17.4. The fourth-order valence-corrected chi connectivity index (χ4v) is 4.48. The number of carbonyl (C=O) groups is 2. The quantitative estimate of drug-likeness (QED) is 0.668. The minimum atomic E-state index is -0.543. The van der Waals surface area contributed by atoms with Gasteiger partial charge in [-0.3, -0.25) is 9.69 Å². The first-order valence-corrected chi connectivity index (χ1v) is 11.0. The molecule has 2 aromatic rings. The van der Waals surface area contributed by atoms with Gasteiger partial charge < -0.3 is 9.64 Å². The van der Waals surface area contributed by atoms with Crippen molar-refractivity contribution in [3.8, 4) is 0 Å². The molecule has 1 aromatic heterocycles. The highest BCUT2D eigenvalue weighted by molar-refractivity contribution is 7.09. The summed E-state index contributed by atoms with van der Waals surface area (Å²) in [7, 11) is 1.66. The molecule has 1 saturated heterocycles. The van der Waals surface area contributed by atoms with Crippen molar-refractivity contribution in [1.29, 1.82) is 0 Å². The van der Waals surface area contributed by atoms with Crippen LogP contribution in [-0.2, 0) is 16.1 Å². The minimum Gasteiger partial charge on any atom is -0.445 e. The van der Waals surface area contributed by atoms with Crippen LogP contribution in [0.4, 0.5) is 4.79 Å². The number of aromatic nitrogens is 1. The summed E-state index contributed by atoms with van der Waals surface area (Å²) in [6.07, 6.45) is 3.76. The van der Waals surface area contributed by atoms with E-state index < -0.39 is 12.1 Å². The molecule has 0 bridgehead atoms. The lowest BCUT2D eigenvalue weighted by atomic mass is 10.0. The summed E-state index contributed by atoms with van der Waals surface area (Å²) in [5.74, 6) is 0.254. The number of thiazole rings is 1. The Labute approximate surface area is 176 Å². The molecule has 0 N–H and O–H groups in total. The van der Waals surface area contributed by atoms with Gasteiger partial charge in [-0.1, -0.05) is 44.2 Å². The van der Waals surface area contributed by atoms with Crippen molar-refractivity contribution in [2.24, 2.45) is 5.92 Å². The van der Waals surface area contributed by atoms with Crippen molar-refractivity contribution < 1.29 is 14.3 Å². The van der Waals surface area contributed by atoms with E-state index in [0.717, 1.165) is 23.4 Å². The molecule has 1 aliphatic rings. The topological polar surface area (TPSA) is 62.7 Å². The number of likely N-dealkylation sites (tertiary alicyclic amines) is 1. The number of nitrogens with zero attached hydrogens (tertiary/aromatic N) is 3. The van der Waals surface area contributed by atoms with E-state index in [0.29, 0.717) is 13.0 Å². The van der Waals surface area contributed by atoms with Crippen LogP contribution in [-0.4, -0.2) is 46.4 Å². The van der Waals surface area contributed by atoms with Gasteiger partial charge in [0.1, 0.15) is 17.7 Å². The van der Waals surface area contributed by atoms with Crippen LogP contribution >= 0.6 is 11.3 Å². The second-order valence-corrected chi connectivity index (χ2v) is 8.78. The van der Waals surface area contributed by atoms with Crippen LogP contribution in [0.1, 0.15) is 49.7 Å². The van der Waals surface area contributed by atoms with Gasteiger partial charge in [0.05, 0.1) is 6.04 Å². The minimum absolute atomic E-state index is 0.00546. The summed E-state index contributed by atoms with van der Waals surface area (Å²) in [6, 6.07) is 9.02. The Hall–Kier alpha value is -2.41. The lowest BCUT2D eigenvalue weighted by Gasteiger charge is -2.33. The summed E-state index contributed by atoms with van der Waals surface area (Å²) in [4.78, 5) is 33.9. The van der Waals surface area contributed by atoms with Gasteiger partial charge >= 0.3 is 6.09 Å². The molecule has 0 unspecified atom stereocenters. The maximum absolute atomic E-state index is 13.5. The maximum Gasteiger partial charge on any atom is 0.410 e. The van der Waals surface area contributed by atoms with Gasteiger partial charge in [0.25, 0.3) is 0 Å². The molecule has 0 radical (unpaired) electrons. The number of likely N-dealkylation sites (N-methyl/N-ethyl adjacent to an activating group) is 1. The van der Waals surface area contributed by atoms with Gasteiger partial charge in [0.15, 0.2) is 0 Å². The molecule has 156 valence electrons. The first-order valence-electron chi connectivity index (χ1n) is 10.1. The van der Waals surface area contributed by atoms with E-state index in [1.54, 1.807) is 24.6 Å². The van der Waals surface area contributed by atoms with E-state index in [4.69, 9.17) is 4.74 Å². The molecule has 2 amide bonds. The molecule has 3 rings (SSSR count). The van der Waals surface area contributed by atoms with Gasteiger partial charge in [-0.2, -0.15) is 0 Å². The standard InChI is InChI=1S/C22H29N3O3S/c1-16(2)14-19(24(3)22(27)28-15-17-8-5-4-6-9-17)21(26)25-12-7-10-18(25)20-23-11-13-29-20/h4-6,8-9,11,13,16,18-19H,7,10,12,14-15H2,1-3H3/t18-,19+/m0/s1. The van der Waals surface area contributed by atoms with Gasteiger partial charge in [0, 0.05) is 25.2 Å². The Bertz CT molecular complexity index is 795. The third-order valence-corrected chi connectivity index (χ3v) is 6.09. The fourth-order valence-electron chi connectivity index (χ4n) is 3.70. The van der Waals surface area contributed by atoms with Crippen molar-refractivity contribution in [3.63, 3.8) is 0 Å². The van der Waals surface area contributed by atoms with E-state index in [2.05, 4.69) is 18.8 Å². The maximum atomic E-state index is 13.5. The number of hydrogen-bond acceptors (Lipinski definition) is 5. The zero-order valence-electron chi connectivity index (χ0n) is 17.3. The number of benzene rings is 1. The van der Waals surface area contributed by atoms with Crippen molar-refractivity contribution >= 4 is 23.3 Å². The number of amides is 2. The number of hydrogen-bond donors (Lipinski definition) is 0. The van der Waals surface area contributed by atoms with Crippen LogP contribution in [0.5, 0.6) is 0 Å². The molecular weight excluding hydrogens is 386 g/mol. The van der Waals surface area contributed by atoms with Gasteiger partial charge in [0.2, 0.25) is 5.91 Å². The van der Waals surface area contributed by atoms with Crippen LogP contribution < -0.4 is 0 Å². The van der Waals surface area contributed by atoms with Crippen LogP contribution in [0.15, 0.2) is 41.9 Å². The Kier molecular flexibility index (Phi) is 7.25. The molecule has 1 aromatic carbocycles. The molecule has 29 heavy (non-hydrogen) atoms. The molecule has 0 spiro atoms. The first kappa shape index (κ1) is 21.3. The lowest BCUT2D eigenvalue weighted by molar-refractivity contribution is -0.137. The molecule has 6 nitrogen and oxygen atoms in total. The largest absolute Gasteiger partial charge is 0.445 e. The van der Waals surface area contributed by atoms with E-state index in [9.17, 15) is 9.59 Å². The Morgan fingerprint density at radius 2 is 2.07 bits per heavy atom. The molecule has 2 heterocycles. The van der Waals surface area contributed by atoms with Crippen molar-refractivity contribution in [2.75, 3.05) is 13.6 Å². The zero-order chi connectivity index (χ0) is 20.8. The molecule has 1 aliphatic heterocycles. The Morgan fingerprint density at radius 3 is 2.72 bits per heavy atom. The SMILES string of the molecule is CC(C)C[C@H](C(=O)N1CCC[C@H]1c1nccs1)N(C)C(=O)OCc1ccccc1. The predicted octanol–water partition coefficient (Wildman–Crippen LogP) is 4.49. The summed E-state index contributed by atoms with van der Waals surface area (Å²) >= 11 is 1.58. The number of carbonyl (C=O) groups excluding carboxylic acids is 2. The Morgan fingerprint density at radius 1 is 1.31 bits per heavy atom. The van der Waals surface area contributed by atoms with E-state index >= 15 is 0 Å². The molecule has 0 saturated carbocycles. The van der Waals surface area contributed by atoms with Crippen LogP contribution in [0.2, 0.25) is 0 Å². The van der Waals surface area contributed by atoms with Gasteiger partial charge in [-0.05, 0) is 30.7 Å². The van der Waals surface area contributed by atoms with E-state index in [1.165, 1.54) is 4.90 Å². The van der Waals surface area contributed by atoms with Crippen LogP contribution in [0, 0.1) is 5.92 Å². The smallest absolute Gasteiger partial charge is 0.410 e. The van der Waals surface area contributed by atoms with Crippen molar-refractivity contribution in [3.05, 3.63) is 52.5 Å². The van der Waals surface area contributed by atoms with Gasteiger partial charge in [-0.25, -0.2) is 9.78 Å². The molecule has 7 heteroatoms. The molecule has 0 aliphatic carbocycles. The summed E-state index contributed by atoms with van der Waals surface area (Å²) in [6.45, 7) is 5.01. The molecule has 2 atom stereocenters. The van der Waals surface area contributed by atoms with Crippen LogP contribution in [0.25, 0.3) is 0 Å².